The van der Waals surface area contributed by atoms with E-state index in [1.54, 1.807) is 29.2 Å². The maximum Gasteiger partial charge on any atom is 0.243 e. The Bertz CT molecular complexity index is 878. The SMILES string of the molecule is O=C(CNc1ccc(-n2cncn2)cc1)Nc1ccc2c(c1)OCO2. The number of carbonyl (C=O) groups is 1. The Morgan fingerprint density at radius 3 is 2.68 bits per heavy atom. The molecular weight excluding hydrogens is 322 g/mol. The minimum absolute atomic E-state index is 0.150. The van der Waals surface area contributed by atoms with Gasteiger partial charge in [-0.1, -0.05) is 0 Å². The standard InChI is InChI=1S/C17H15N5O3/c23-17(21-13-3-6-15-16(7-13)25-11-24-15)8-19-12-1-4-14(5-2-12)22-10-18-9-20-22/h1-7,9-10,19H,8,11H2,(H,21,23). The van der Waals surface area contributed by atoms with Gasteiger partial charge in [-0.2, -0.15) is 5.10 Å². The van der Waals surface area contributed by atoms with Crippen molar-refractivity contribution in [3.63, 3.8) is 0 Å². The van der Waals surface area contributed by atoms with Gasteiger partial charge in [0.15, 0.2) is 11.5 Å². The van der Waals surface area contributed by atoms with Crippen molar-refractivity contribution in [2.75, 3.05) is 24.0 Å². The third-order valence-corrected chi connectivity index (χ3v) is 3.66. The van der Waals surface area contributed by atoms with E-state index in [1.165, 1.54) is 6.33 Å². The van der Waals surface area contributed by atoms with E-state index in [9.17, 15) is 4.79 Å². The van der Waals surface area contributed by atoms with Crippen LogP contribution < -0.4 is 20.1 Å². The van der Waals surface area contributed by atoms with Gasteiger partial charge in [0.05, 0.1) is 12.2 Å². The van der Waals surface area contributed by atoms with Crippen molar-refractivity contribution in [2.24, 2.45) is 0 Å². The number of fused-ring (bicyclic) bond motifs is 1. The van der Waals surface area contributed by atoms with Gasteiger partial charge in [0, 0.05) is 17.4 Å². The van der Waals surface area contributed by atoms with Gasteiger partial charge in [0.2, 0.25) is 12.7 Å². The molecule has 0 saturated carbocycles. The van der Waals surface area contributed by atoms with Gasteiger partial charge in [0.25, 0.3) is 0 Å². The predicted molar refractivity (Wildman–Crippen MR) is 91.0 cm³/mol. The Hall–Kier alpha value is -3.55. The first-order valence-corrected chi connectivity index (χ1v) is 7.66. The molecular formula is C17H15N5O3. The third-order valence-electron chi connectivity index (χ3n) is 3.66. The summed E-state index contributed by atoms with van der Waals surface area (Å²) in [4.78, 5) is 16.0. The number of anilines is 2. The van der Waals surface area contributed by atoms with Crippen LogP contribution in [0.25, 0.3) is 5.69 Å². The van der Waals surface area contributed by atoms with Gasteiger partial charge in [-0.3, -0.25) is 4.79 Å². The lowest BCUT2D eigenvalue weighted by atomic mass is 10.2. The molecule has 126 valence electrons. The van der Waals surface area contributed by atoms with Crippen LogP contribution in [0.3, 0.4) is 0 Å². The molecule has 25 heavy (non-hydrogen) atoms. The van der Waals surface area contributed by atoms with Crippen LogP contribution in [0.4, 0.5) is 11.4 Å². The van der Waals surface area contributed by atoms with Gasteiger partial charge >= 0.3 is 0 Å². The van der Waals surface area contributed by atoms with Crippen molar-refractivity contribution in [1.29, 1.82) is 0 Å². The van der Waals surface area contributed by atoms with Crippen molar-refractivity contribution in [3.8, 4) is 17.2 Å². The number of rotatable bonds is 5. The average Bonchev–Trinajstić information content (AvgIpc) is 3.32. The Morgan fingerprint density at radius 1 is 1.08 bits per heavy atom. The van der Waals surface area contributed by atoms with E-state index in [1.807, 2.05) is 24.3 Å². The van der Waals surface area contributed by atoms with Crippen molar-refractivity contribution in [2.45, 2.75) is 0 Å². The minimum atomic E-state index is -0.154. The van der Waals surface area contributed by atoms with E-state index in [-0.39, 0.29) is 19.2 Å². The molecule has 8 nitrogen and oxygen atoms in total. The first kappa shape index (κ1) is 15.0. The summed E-state index contributed by atoms with van der Waals surface area (Å²) >= 11 is 0. The van der Waals surface area contributed by atoms with Crippen LogP contribution in [0.5, 0.6) is 11.5 Å². The fourth-order valence-electron chi connectivity index (χ4n) is 2.44. The van der Waals surface area contributed by atoms with Crippen molar-refractivity contribution >= 4 is 17.3 Å². The summed E-state index contributed by atoms with van der Waals surface area (Å²) in [5.74, 6) is 1.16. The summed E-state index contributed by atoms with van der Waals surface area (Å²) in [7, 11) is 0. The van der Waals surface area contributed by atoms with E-state index >= 15 is 0 Å². The molecule has 1 aromatic heterocycles. The van der Waals surface area contributed by atoms with Crippen molar-refractivity contribution < 1.29 is 14.3 Å². The summed E-state index contributed by atoms with van der Waals surface area (Å²) in [6.07, 6.45) is 3.11. The number of nitrogens with one attached hydrogen (secondary N) is 2. The van der Waals surface area contributed by atoms with Crippen molar-refractivity contribution in [1.82, 2.24) is 14.8 Å². The van der Waals surface area contributed by atoms with Crippen LogP contribution in [0.2, 0.25) is 0 Å². The Kier molecular flexibility index (Phi) is 3.91. The molecule has 0 unspecified atom stereocenters. The number of nitrogens with zero attached hydrogens (tertiary/aromatic N) is 3. The fraction of sp³-hybridized carbons (Fsp3) is 0.118. The average molecular weight is 337 g/mol. The lowest BCUT2D eigenvalue weighted by Gasteiger charge is -2.09. The number of aromatic nitrogens is 3. The monoisotopic (exact) mass is 337 g/mol. The zero-order chi connectivity index (χ0) is 17.1. The van der Waals surface area contributed by atoms with Gasteiger partial charge in [-0.15, -0.1) is 0 Å². The molecule has 0 radical (unpaired) electrons. The summed E-state index contributed by atoms with van der Waals surface area (Å²) in [5.41, 5.74) is 2.40. The predicted octanol–water partition coefficient (Wildman–Crippen LogP) is 2.05. The van der Waals surface area contributed by atoms with Crippen LogP contribution in [-0.2, 0) is 4.79 Å². The van der Waals surface area contributed by atoms with E-state index in [2.05, 4.69) is 20.7 Å². The normalized spacial score (nSPS) is 12.0. The van der Waals surface area contributed by atoms with Gasteiger partial charge in [0.1, 0.15) is 12.7 Å². The van der Waals surface area contributed by atoms with Crippen LogP contribution in [0.1, 0.15) is 0 Å². The molecule has 8 heteroatoms. The Morgan fingerprint density at radius 2 is 1.88 bits per heavy atom. The molecule has 1 aliphatic heterocycles. The van der Waals surface area contributed by atoms with E-state index in [0.717, 1.165) is 11.4 Å². The molecule has 2 N–H and O–H groups in total. The van der Waals surface area contributed by atoms with Gasteiger partial charge in [-0.05, 0) is 36.4 Å². The zero-order valence-electron chi connectivity index (χ0n) is 13.2. The quantitative estimate of drug-likeness (QED) is 0.740. The first-order chi connectivity index (χ1) is 12.3. The molecule has 0 atom stereocenters. The molecule has 2 aromatic carbocycles. The van der Waals surface area contributed by atoms with Gasteiger partial charge in [-0.25, -0.2) is 9.67 Å². The molecule has 0 saturated heterocycles. The minimum Gasteiger partial charge on any atom is -0.454 e. The highest BCUT2D eigenvalue weighted by molar-refractivity contribution is 5.94. The molecule has 4 rings (SSSR count). The third kappa shape index (κ3) is 3.37. The number of benzene rings is 2. The number of hydrogen-bond acceptors (Lipinski definition) is 6. The van der Waals surface area contributed by atoms with Crippen LogP contribution >= 0.6 is 0 Å². The second kappa shape index (κ2) is 6.52. The maximum atomic E-state index is 12.1. The second-order valence-corrected chi connectivity index (χ2v) is 5.36. The molecule has 1 amide bonds. The highest BCUT2D eigenvalue weighted by atomic mass is 16.7. The van der Waals surface area contributed by atoms with Gasteiger partial charge < -0.3 is 20.1 Å². The molecule has 1 aliphatic rings. The lowest BCUT2D eigenvalue weighted by Crippen LogP contribution is -2.21. The number of hydrogen-bond donors (Lipinski definition) is 2. The highest BCUT2D eigenvalue weighted by Gasteiger charge is 2.14. The molecule has 2 heterocycles. The molecule has 0 spiro atoms. The second-order valence-electron chi connectivity index (χ2n) is 5.36. The van der Waals surface area contributed by atoms with Crippen LogP contribution in [0.15, 0.2) is 55.1 Å². The summed E-state index contributed by atoms with van der Waals surface area (Å²) in [6, 6.07) is 12.8. The van der Waals surface area contributed by atoms with Crippen molar-refractivity contribution in [3.05, 3.63) is 55.1 Å². The Labute approximate surface area is 143 Å². The summed E-state index contributed by atoms with van der Waals surface area (Å²) in [5, 5.41) is 9.96. The van der Waals surface area contributed by atoms with Crippen LogP contribution in [-0.4, -0.2) is 34.0 Å². The smallest absolute Gasteiger partial charge is 0.243 e. The zero-order valence-corrected chi connectivity index (χ0v) is 13.2. The first-order valence-electron chi connectivity index (χ1n) is 7.66. The van der Waals surface area contributed by atoms with E-state index in [0.29, 0.717) is 17.2 Å². The summed E-state index contributed by atoms with van der Waals surface area (Å²) in [6.45, 7) is 0.357. The molecule has 0 fully saturated rings. The van der Waals surface area contributed by atoms with E-state index in [4.69, 9.17) is 9.47 Å². The lowest BCUT2D eigenvalue weighted by molar-refractivity contribution is -0.114. The number of ether oxygens (including phenoxy) is 2. The fourth-order valence-corrected chi connectivity index (χ4v) is 2.44. The topological polar surface area (TPSA) is 90.3 Å². The highest BCUT2D eigenvalue weighted by Crippen LogP contribution is 2.34. The molecule has 0 bridgehead atoms. The largest absolute Gasteiger partial charge is 0.454 e. The molecule has 3 aromatic rings. The molecule has 0 aliphatic carbocycles. The Balaban J connectivity index is 1.32. The van der Waals surface area contributed by atoms with Crippen LogP contribution in [0, 0.1) is 0 Å². The summed E-state index contributed by atoms with van der Waals surface area (Å²) < 4.78 is 12.2. The van der Waals surface area contributed by atoms with E-state index < -0.39 is 0 Å². The maximum absolute atomic E-state index is 12.1. The number of carbonyl (C=O) groups excluding carboxylic acids is 1. The number of amides is 1.